The van der Waals surface area contributed by atoms with Crippen LogP contribution in [0.2, 0.25) is 0 Å². The van der Waals surface area contributed by atoms with Gasteiger partial charge < -0.3 is 4.74 Å². The molecule has 18 heavy (non-hydrogen) atoms. The number of benzene rings is 1. The normalized spacial score (nSPS) is 19.2. The molecule has 1 fully saturated rings. The first-order valence-corrected chi connectivity index (χ1v) is 5.99. The number of nitrogens with zero attached hydrogens (tertiary/aromatic N) is 3. The monoisotopic (exact) mass is 241 g/mol. The Morgan fingerprint density at radius 3 is 2.94 bits per heavy atom. The summed E-state index contributed by atoms with van der Waals surface area (Å²) in [5, 5.41) is 18.1. The summed E-state index contributed by atoms with van der Waals surface area (Å²) < 4.78 is 5.12. The van der Waals surface area contributed by atoms with Crippen molar-refractivity contribution >= 4 is 0 Å². The Morgan fingerprint density at radius 2 is 2.28 bits per heavy atom. The summed E-state index contributed by atoms with van der Waals surface area (Å²) in [6.07, 6.45) is 2.01. The lowest BCUT2D eigenvalue weighted by Gasteiger charge is -2.19. The minimum Gasteiger partial charge on any atom is -0.495 e. The molecular formula is C14H15N3O. The van der Waals surface area contributed by atoms with E-state index < -0.39 is 0 Å². The van der Waals surface area contributed by atoms with Crippen molar-refractivity contribution in [3.05, 3.63) is 29.3 Å². The Bertz CT molecular complexity index is 513. The molecule has 1 atom stereocenters. The van der Waals surface area contributed by atoms with Crippen LogP contribution in [0.25, 0.3) is 0 Å². The molecule has 4 nitrogen and oxygen atoms in total. The van der Waals surface area contributed by atoms with Crippen LogP contribution in [0.3, 0.4) is 0 Å². The maximum atomic E-state index is 9.04. The van der Waals surface area contributed by atoms with Gasteiger partial charge in [-0.05, 0) is 37.1 Å². The van der Waals surface area contributed by atoms with Crippen molar-refractivity contribution in [2.24, 2.45) is 0 Å². The number of nitriles is 2. The molecule has 1 aliphatic heterocycles. The summed E-state index contributed by atoms with van der Waals surface area (Å²) in [5.74, 6) is 0.597. The Hall–Kier alpha value is -2.04. The number of hydrogen-bond donors (Lipinski definition) is 0. The van der Waals surface area contributed by atoms with Gasteiger partial charge in [0, 0.05) is 6.54 Å². The van der Waals surface area contributed by atoms with E-state index in [0.717, 1.165) is 31.5 Å². The van der Waals surface area contributed by atoms with Crippen molar-refractivity contribution in [2.75, 3.05) is 13.7 Å². The molecule has 0 N–H and O–H groups in total. The van der Waals surface area contributed by atoms with Crippen LogP contribution in [-0.4, -0.2) is 24.6 Å². The molecule has 92 valence electrons. The standard InChI is InChI=1S/C14H15N3O/c1-18-14-5-4-11(7-12(14)8-15)10-17-6-2-3-13(17)9-16/h4-5,7,13H,2-3,6,10H2,1H3. The summed E-state index contributed by atoms with van der Waals surface area (Å²) >= 11 is 0. The number of likely N-dealkylation sites (tertiary alicyclic amines) is 1. The van der Waals surface area contributed by atoms with Crippen molar-refractivity contribution < 1.29 is 4.74 Å². The third-order valence-corrected chi connectivity index (χ3v) is 3.28. The van der Waals surface area contributed by atoms with E-state index in [2.05, 4.69) is 17.0 Å². The van der Waals surface area contributed by atoms with E-state index >= 15 is 0 Å². The molecule has 1 aromatic carbocycles. The highest BCUT2D eigenvalue weighted by molar-refractivity contribution is 5.45. The fourth-order valence-corrected chi connectivity index (χ4v) is 2.34. The van der Waals surface area contributed by atoms with Gasteiger partial charge in [-0.1, -0.05) is 6.07 Å². The summed E-state index contributed by atoms with van der Waals surface area (Å²) in [6, 6.07) is 10.1. The number of ether oxygens (including phenoxy) is 1. The van der Waals surface area contributed by atoms with E-state index in [0.29, 0.717) is 11.3 Å². The maximum absolute atomic E-state index is 9.04. The van der Waals surface area contributed by atoms with Gasteiger partial charge in [0.1, 0.15) is 11.8 Å². The van der Waals surface area contributed by atoms with E-state index in [9.17, 15) is 0 Å². The minimum absolute atomic E-state index is 0.0117. The second-order valence-electron chi connectivity index (χ2n) is 4.40. The smallest absolute Gasteiger partial charge is 0.136 e. The molecule has 1 unspecified atom stereocenters. The molecule has 1 aromatic rings. The molecule has 1 aliphatic rings. The molecule has 0 saturated carbocycles. The Labute approximate surface area is 107 Å². The largest absolute Gasteiger partial charge is 0.495 e. The van der Waals surface area contributed by atoms with Gasteiger partial charge >= 0.3 is 0 Å². The van der Waals surface area contributed by atoms with E-state index in [1.807, 2.05) is 18.2 Å². The van der Waals surface area contributed by atoms with Crippen LogP contribution in [0.5, 0.6) is 5.75 Å². The summed E-state index contributed by atoms with van der Waals surface area (Å²) in [7, 11) is 1.56. The molecule has 0 spiro atoms. The molecule has 0 radical (unpaired) electrons. The van der Waals surface area contributed by atoms with Crippen LogP contribution in [0, 0.1) is 22.7 Å². The highest BCUT2D eigenvalue weighted by Gasteiger charge is 2.24. The second-order valence-corrected chi connectivity index (χ2v) is 4.40. The zero-order valence-corrected chi connectivity index (χ0v) is 10.4. The van der Waals surface area contributed by atoms with E-state index in [-0.39, 0.29) is 6.04 Å². The van der Waals surface area contributed by atoms with Gasteiger partial charge in [-0.3, -0.25) is 4.90 Å². The van der Waals surface area contributed by atoms with Gasteiger partial charge in [-0.25, -0.2) is 0 Å². The molecule has 0 aromatic heterocycles. The molecule has 0 bridgehead atoms. The van der Waals surface area contributed by atoms with Crippen LogP contribution in [-0.2, 0) is 6.54 Å². The van der Waals surface area contributed by atoms with Crippen LogP contribution in [0.15, 0.2) is 18.2 Å². The molecular weight excluding hydrogens is 226 g/mol. The van der Waals surface area contributed by atoms with Crippen LogP contribution < -0.4 is 4.74 Å². The average molecular weight is 241 g/mol. The fraction of sp³-hybridized carbons (Fsp3) is 0.429. The Morgan fingerprint density at radius 1 is 1.44 bits per heavy atom. The third-order valence-electron chi connectivity index (χ3n) is 3.28. The molecule has 1 heterocycles. The van der Waals surface area contributed by atoms with Crippen LogP contribution in [0.4, 0.5) is 0 Å². The first-order valence-electron chi connectivity index (χ1n) is 5.99. The first-order chi connectivity index (χ1) is 8.78. The average Bonchev–Trinajstić information content (AvgIpc) is 2.85. The van der Waals surface area contributed by atoms with Gasteiger partial charge in [0.05, 0.1) is 24.8 Å². The van der Waals surface area contributed by atoms with Crippen molar-refractivity contribution in [1.29, 1.82) is 10.5 Å². The van der Waals surface area contributed by atoms with Gasteiger partial charge in [0.15, 0.2) is 0 Å². The van der Waals surface area contributed by atoms with Crippen LogP contribution >= 0.6 is 0 Å². The van der Waals surface area contributed by atoms with Gasteiger partial charge in [0.25, 0.3) is 0 Å². The molecule has 2 rings (SSSR count). The molecule has 4 heteroatoms. The van der Waals surface area contributed by atoms with Crippen molar-refractivity contribution in [2.45, 2.75) is 25.4 Å². The highest BCUT2D eigenvalue weighted by atomic mass is 16.5. The maximum Gasteiger partial charge on any atom is 0.136 e. The van der Waals surface area contributed by atoms with Gasteiger partial charge in [0.2, 0.25) is 0 Å². The zero-order valence-electron chi connectivity index (χ0n) is 10.4. The van der Waals surface area contributed by atoms with Crippen molar-refractivity contribution in [3.8, 4) is 17.9 Å². The lowest BCUT2D eigenvalue weighted by molar-refractivity contribution is 0.286. The Balaban J connectivity index is 2.15. The summed E-state index contributed by atoms with van der Waals surface area (Å²) in [6.45, 7) is 1.67. The van der Waals surface area contributed by atoms with E-state index in [1.54, 1.807) is 7.11 Å². The third kappa shape index (κ3) is 2.45. The highest BCUT2D eigenvalue weighted by Crippen LogP contribution is 2.23. The summed E-state index contributed by atoms with van der Waals surface area (Å²) in [5.41, 5.74) is 1.59. The van der Waals surface area contributed by atoms with Gasteiger partial charge in [-0.2, -0.15) is 10.5 Å². The molecule has 0 aliphatic carbocycles. The van der Waals surface area contributed by atoms with E-state index in [4.69, 9.17) is 15.3 Å². The van der Waals surface area contributed by atoms with Crippen molar-refractivity contribution in [3.63, 3.8) is 0 Å². The SMILES string of the molecule is COc1ccc(CN2CCCC2C#N)cc1C#N. The molecule has 1 saturated heterocycles. The topological polar surface area (TPSA) is 60.0 Å². The molecule has 0 amide bonds. The predicted octanol–water partition coefficient (Wildman–Crippen LogP) is 2.05. The predicted molar refractivity (Wildman–Crippen MR) is 66.8 cm³/mol. The summed E-state index contributed by atoms with van der Waals surface area (Å²) in [4.78, 5) is 2.16. The minimum atomic E-state index is 0.0117. The number of rotatable bonds is 3. The lowest BCUT2D eigenvalue weighted by Crippen LogP contribution is -2.27. The van der Waals surface area contributed by atoms with Crippen molar-refractivity contribution in [1.82, 2.24) is 4.90 Å². The fourth-order valence-electron chi connectivity index (χ4n) is 2.34. The quantitative estimate of drug-likeness (QED) is 0.812. The van der Waals surface area contributed by atoms with Gasteiger partial charge in [-0.15, -0.1) is 0 Å². The Kier molecular flexibility index (Phi) is 3.82. The lowest BCUT2D eigenvalue weighted by atomic mass is 10.1. The number of hydrogen-bond acceptors (Lipinski definition) is 4. The van der Waals surface area contributed by atoms with Crippen LogP contribution in [0.1, 0.15) is 24.0 Å². The zero-order chi connectivity index (χ0) is 13.0. The first kappa shape index (κ1) is 12.4. The second kappa shape index (κ2) is 5.53. The van der Waals surface area contributed by atoms with E-state index in [1.165, 1.54) is 0 Å². The number of methoxy groups -OCH3 is 1.